The molecule has 0 radical (unpaired) electrons. The van der Waals surface area contributed by atoms with Crippen LogP contribution in [0.3, 0.4) is 0 Å². The molecule has 2 aliphatic carbocycles. The first-order valence-corrected chi connectivity index (χ1v) is 8.58. The van der Waals surface area contributed by atoms with Crippen LogP contribution >= 0.6 is 11.8 Å². The SMILES string of the molecule is N#CC1(NC2CC2)CCC(Sc2cc3ccccc3[nH]2)C1. The number of hydrogen-bond donors (Lipinski definition) is 2. The second-order valence-corrected chi connectivity index (χ2v) is 7.66. The van der Waals surface area contributed by atoms with E-state index in [0.717, 1.165) is 19.3 Å². The Kier molecular flexibility index (Phi) is 3.20. The highest BCUT2D eigenvalue weighted by Gasteiger charge is 2.43. The Balaban J connectivity index is 1.46. The van der Waals surface area contributed by atoms with E-state index >= 15 is 0 Å². The third kappa shape index (κ3) is 2.68. The van der Waals surface area contributed by atoms with Crippen LogP contribution in [-0.4, -0.2) is 21.8 Å². The maximum absolute atomic E-state index is 9.56. The van der Waals surface area contributed by atoms with Crippen LogP contribution in [0.4, 0.5) is 0 Å². The second-order valence-electron chi connectivity index (χ2n) is 6.32. The van der Waals surface area contributed by atoms with E-state index in [2.05, 4.69) is 46.7 Å². The fourth-order valence-electron chi connectivity index (χ4n) is 3.27. The number of nitrogens with zero attached hydrogens (tertiary/aromatic N) is 1. The van der Waals surface area contributed by atoms with Gasteiger partial charge in [0, 0.05) is 22.2 Å². The number of hydrogen-bond acceptors (Lipinski definition) is 3. The molecule has 2 N–H and O–H groups in total. The van der Waals surface area contributed by atoms with E-state index in [1.807, 2.05) is 11.8 Å². The maximum atomic E-state index is 9.56. The largest absolute Gasteiger partial charge is 0.350 e. The molecule has 3 nitrogen and oxygen atoms in total. The number of para-hydroxylation sites is 1. The third-order valence-electron chi connectivity index (χ3n) is 4.54. The van der Waals surface area contributed by atoms with Crippen LogP contribution in [0.5, 0.6) is 0 Å². The maximum Gasteiger partial charge on any atom is 0.108 e. The molecule has 2 aromatic rings. The van der Waals surface area contributed by atoms with Crippen LogP contribution in [0, 0.1) is 11.3 Å². The highest BCUT2D eigenvalue weighted by atomic mass is 32.2. The monoisotopic (exact) mass is 297 g/mol. The average molecular weight is 297 g/mol. The Labute approximate surface area is 129 Å². The molecule has 0 saturated heterocycles. The lowest BCUT2D eigenvalue weighted by atomic mass is 10.00. The van der Waals surface area contributed by atoms with E-state index in [-0.39, 0.29) is 5.54 Å². The lowest BCUT2D eigenvalue weighted by Crippen LogP contribution is -2.43. The van der Waals surface area contributed by atoms with Gasteiger partial charge in [0.1, 0.15) is 5.54 Å². The quantitative estimate of drug-likeness (QED) is 0.902. The summed E-state index contributed by atoms with van der Waals surface area (Å²) >= 11 is 1.90. The Morgan fingerprint density at radius 3 is 2.90 bits per heavy atom. The van der Waals surface area contributed by atoms with Gasteiger partial charge in [-0.1, -0.05) is 18.2 Å². The molecule has 0 bridgehead atoms. The van der Waals surface area contributed by atoms with Gasteiger partial charge in [-0.05, 0) is 44.2 Å². The molecule has 2 saturated carbocycles. The van der Waals surface area contributed by atoms with Crippen molar-refractivity contribution < 1.29 is 0 Å². The standard InChI is InChI=1S/C17H19N3S/c18-11-17(20-13-5-6-13)8-7-14(10-17)21-16-9-12-3-1-2-4-15(12)19-16/h1-4,9,13-14,19-20H,5-8,10H2. The van der Waals surface area contributed by atoms with Gasteiger partial charge in [-0.15, -0.1) is 11.8 Å². The van der Waals surface area contributed by atoms with Crippen molar-refractivity contribution in [3.63, 3.8) is 0 Å². The zero-order valence-electron chi connectivity index (χ0n) is 11.9. The summed E-state index contributed by atoms with van der Waals surface area (Å²) in [7, 11) is 0. The molecule has 1 aromatic carbocycles. The summed E-state index contributed by atoms with van der Waals surface area (Å²) in [5.41, 5.74) is 0.922. The first-order chi connectivity index (χ1) is 10.3. The minimum atomic E-state index is -0.273. The predicted molar refractivity (Wildman–Crippen MR) is 86.3 cm³/mol. The molecule has 4 heteroatoms. The summed E-state index contributed by atoms with van der Waals surface area (Å²) in [6.07, 6.45) is 5.54. The molecule has 2 fully saturated rings. The van der Waals surface area contributed by atoms with E-state index < -0.39 is 0 Å². The molecule has 0 aliphatic heterocycles. The van der Waals surface area contributed by atoms with Crippen molar-refractivity contribution in [3.05, 3.63) is 30.3 Å². The van der Waals surface area contributed by atoms with Crippen LogP contribution < -0.4 is 5.32 Å². The Bertz CT molecular complexity index is 664. The number of nitriles is 1. The van der Waals surface area contributed by atoms with Crippen molar-refractivity contribution in [1.29, 1.82) is 5.26 Å². The van der Waals surface area contributed by atoms with Crippen molar-refractivity contribution in [2.24, 2.45) is 0 Å². The first kappa shape index (κ1) is 13.2. The van der Waals surface area contributed by atoms with Crippen molar-refractivity contribution in [1.82, 2.24) is 10.3 Å². The highest BCUT2D eigenvalue weighted by molar-refractivity contribution is 7.99. The summed E-state index contributed by atoms with van der Waals surface area (Å²) < 4.78 is 0. The van der Waals surface area contributed by atoms with E-state index in [4.69, 9.17) is 0 Å². The summed E-state index contributed by atoms with van der Waals surface area (Å²) in [4.78, 5) is 3.48. The number of aromatic nitrogens is 1. The van der Waals surface area contributed by atoms with Gasteiger partial charge in [0.2, 0.25) is 0 Å². The fraction of sp³-hybridized carbons (Fsp3) is 0.471. The minimum absolute atomic E-state index is 0.273. The van der Waals surface area contributed by atoms with Crippen molar-refractivity contribution in [3.8, 4) is 6.07 Å². The zero-order valence-corrected chi connectivity index (χ0v) is 12.7. The highest BCUT2D eigenvalue weighted by Crippen LogP contribution is 2.41. The molecule has 2 aliphatic rings. The van der Waals surface area contributed by atoms with Crippen LogP contribution in [0.25, 0.3) is 10.9 Å². The Morgan fingerprint density at radius 1 is 1.29 bits per heavy atom. The molecule has 2 unspecified atom stereocenters. The average Bonchev–Trinajstić information content (AvgIpc) is 3.07. The van der Waals surface area contributed by atoms with E-state index in [1.165, 1.54) is 28.8 Å². The van der Waals surface area contributed by atoms with Crippen LogP contribution in [0.1, 0.15) is 32.1 Å². The van der Waals surface area contributed by atoms with Crippen LogP contribution in [-0.2, 0) is 0 Å². The summed E-state index contributed by atoms with van der Waals surface area (Å²) in [6.45, 7) is 0. The van der Waals surface area contributed by atoms with Gasteiger partial charge < -0.3 is 4.98 Å². The molecule has 1 heterocycles. The summed E-state index contributed by atoms with van der Waals surface area (Å²) in [5.74, 6) is 0. The molecule has 1 aromatic heterocycles. The Hall–Kier alpha value is -1.44. The van der Waals surface area contributed by atoms with Gasteiger partial charge in [-0.3, -0.25) is 5.32 Å². The molecule has 4 rings (SSSR count). The van der Waals surface area contributed by atoms with Crippen molar-refractivity contribution >= 4 is 22.7 Å². The normalized spacial score (nSPS) is 28.8. The zero-order chi connectivity index (χ0) is 14.3. The summed E-state index contributed by atoms with van der Waals surface area (Å²) in [6, 6.07) is 13.8. The molecule has 0 amide bonds. The summed E-state index contributed by atoms with van der Waals surface area (Å²) in [5, 5.41) is 16.2. The molecule has 0 spiro atoms. The van der Waals surface area contributed by atoms with Crippen LogP contribution in [0.2, 0.25) is 0 Å². The number of H-pyrrole nitrogens is 1. The topological polar surface area (TPSA) is 51.6 Å². The number of benzene rings is 1. The number of rotatable bonds is 4. The van der Waals surface area contributed by atoms with Gasteiger partial charge in [0.05, 0.1) is 11.1 Å². The molecular formula is C17H19N3S. The fourth-order valence-corrected chi connectivity index (χ4v) is 4.60. The van der Waals surface area contributed by atoms with Gasteiger partial charge >= 0.3 is 0 Å². The number of fused-ring (bicyclic) bond motifs is 1. The van der Waals surface area contributed by atoms with Crippen molar-refractivity contribution in [2.45, 2.75) is 54.0 Å². The number of aromatic amines is 1. The van der Waals surface area contributed by atoms with Gasteiger partial charge in [0.25, 0.3) is 0 Å². The Morgan fingerprint density at radius 2 is 2.14 bits per heavy atom. The van der Waals surface area contributed by atoms with E-state index in [0.29, 0.717) is 11.3 Å². The van der Waals surface area contributed by atoms with Crippen molar-refractivity contribution in [2.75, 3.05) is 0 Å². The van der Waals surface area contributed by atoms with E-state index in [9.17, 15) is 5.26 Å². The predicted octanol–water partition coefficient (Wildman–Crippen LogP) is 3.83. The first-order valence-electron chi connectivity index (χ1n) is 7.70. The van der Waals surface area contributed by atoms with E-state index in [1.54, 1.807) is 0 Å². The molecule has 2 atom stereocenters. The third-order valence-corrected chi connectivity index (χ3v) is 5.75. The van der Waals surface area contributed by atoms with Gasteiger partial charge in [-0.25, -0.2) is 0 Å². The number of thioether (sulfide) groups is 1. The smallest absolute Gasteiger partial charge is 0.108 e. The number of nitrogens with one attached hydrogen (secondary N) is 2. The van der Waals surface area contributed by atoms with Gasteiger partial charge in [-0.2, -0.15) is 5.26 Å². The lowest BCUT2D eigenvalue weighted by molar-refractivity contribution is 0.420. The molecule has 21 heavy (non-hydrogen) atoms. The molecule has 108 valence electrons. The lowest BCUT2D eigenvalue weighted by Gasteiger charge is -2.22. The molecular weight excluding hydrogens is 278 g/mol. The van der Waals surface area contributed by atoms with Gasteiger partial charge in [0.15, 0.2) is 0 Å². The van der Waals surface area contributed by atoms with Crippen LogP contribution in [0.15, 0.2) is 35.4 Å². The second kappa shape index (κ2) is 5.08. The minimum Gasteiger partial charge on any atom is -0.350 e.